The first-order chi connectivity index (χ1) is 12.6. The lowest BCUT2D eigenvalue weighted by molar-refractivity contribution is -0.244. The Balaban J connectivity index is 1.87. The molecule has 3 atom stereocenters. The van der Waals surface area contributed by atoms with Gasteiger partial charge in [-0.25, -0.2) is 4.79 Å². The molecule has 0 radical (unpaired) electrons. The average molecular weight is 375 g/mol. The van der Waals surface area contributed by atoms with Crippen molar-refractivity contribution in [1.29, 1.82) is 0 Å². The first-order valence-electron chi connectivity index (χ1n) is 8.25. The molecule has 1 fully saturated rings. The fraction of sp³-hybridized carbons (Fsp3) is 0.250. The van der Waals surface area contributed by atoms with Crippen molar-refractivity contribution < 1.29 is 24.5 Å². The summed E-state index contributed by atoms with van der Waals surface area (Å²) in [5.41, 5.74) is 1.36. The van der Waals surface area contributed by atoms with E-state index in [2.05, 4.69) is 0 Å². The molecule has 3 unspecified atom stereocenters. The molecule has 2 aromatic rings. The van der Waals surface area contributed by atoms with Crippen molar-refractivity contribution in [3.05, 3.63) is 76.8 Å². The summed E-state index contributed by atoms with van der Waals surface area (Å²) in [6.45, 7) is 0.346. The van der Waals surface area contributed by atoms with Gasteiger partial charge in [0.25, 0.3) is 0 Å². The number of phenolic OH excluding ortho intramolecular Hbond substituents is 1. The van der Waals surface area contributed by atoms with Crippen molar-refractivity contribution in [3.63, 3.8) is 0 Å². The summed E-state index contributed by atoms with van der Waals surface area (Å²) >= 11 is 6.25. The number of allylic oxidation sites excluding steroid dienone is 1. The monoisotopic (exact) mass is 374 g/mol. The smallest absolute Gasteiger partial charge is 0.327 e. The molecule has 26 heavy (non-hydrogen) atoms. The number of benzene rings is 2. The number of carboxylic acids is 1. The molecule has 5 nitrogen and oxygen atoms in total. The molecule has 136 valence electrons. The summed E-state index contributed by atoms with van der Waals surface area (Å²) in [7, 11) is 0. The topological polar surface area (TPSA) is 76.0 Å². The van der Waals surface area contributed by atoms with Crippen LogP contribution in [0.5, 0.6) is 5.75 Å². The molecule has 1 saturated heterocycles. The highest BCUT2D eigenvalue weighted by molar-refractivity contribution is 6.31. The van der Waals surface area contributed by atoms with Gasteiger partial charge in [-0.05, 0) is 18.6 Å². The van der Waals surface area contributed by atoms with Crippen LogP contribution in [0.4, 0.5) is 0 Å². The highest BCUT2D eigenvalue weighted by Gasteiger charge is 2.35. The second kappa shape index (κ2) is 8.36. The van der Waals surface area contributed by atoms with Gasteiger partial charge in [-0.1, -0.05) is 54.1 Å². The van der Waals surface area contributed by atoms with Crippen LogP contribution in [0.1, 0.15) is 29.9 Å². The van der Waals surface area contributed by atoms with Crippen molar-refractivity contribution in [1.82, 2.24) is 0 Å². The van der Waals surface area contributed by atoms with Gasteiger partial charge in [-0.2, -0.15) is 0 Å². The second-order valence-corrected chi connectivity index (χ2v) is 6.45. The van der Waals surface area contributed by atoms with Gasteiger partial charge in [-0.3, -0.25) is 0 Å². The van der Waals surface area contributed by atoms with E-state index in [1.54, 1.807) is 30.3 Å². The third kappa shape index (κ3) is 4.25. The predicted molar refractivity (Wildman–Crippen MR) is 97.0 cm³/mol. The average Bonchev–Trinajstić information content (AvgIpc) is 2.63. The van der Waals surface area contributed by atoms with Crippen LogP contribution in [-0.2, 0) is 14.3 Å². The van der Waals surface area contributed by atoms with Crippen LogP contribution in [0.15, 0.2) is 60.7 Å². The highest BCUT2D eigenvalue weighted by atomic mass is 35.5. The second-order valence-electron chi connectivity index (χ2n) is 6.04. The van der Waals surface area contributed by atoms with Gasteiger partial charge in [0.1, 0.15) is 5.75 Å². The number of para-hydroxylation sites is 1. The van der Waals surface area contributed by atoms with Gasteiger partial charge in [0, 0.05) is 28.1 Å². The lowest BCUT2D eigenvalue weighted by Gasteiger charge is -2.37. The normalized spacial score (nSPS) is 23.2. The van der Waals surface area contributed by atoms with E-state index < -0.39 is 18.4 Å². The van der Waals surface area contributed by atoms with Crippen molar-refractivity contribution in [2.45, 2.75) is 18.8 Å². The Hall–Kier alpha value is -2.34. The van der Waals surface area contributed by atoms with Crippen LogP contribution in [0.25, 0.3) is 0 Å². The van der Waals surface area contributed by atoms with E-state index in [9.17, 15) is 9.90 Å². The van der Waals surface area contributed by atoms with Crippen LogP contribution in [0.3, 0.4) is 0 Å². The molecule has 2 aromatic carbocycles. The molecule has 0 amide bonds. The Labute approximate surface area is 156 Å². The van der Waals surface area contributed by atoms with Crippen molar-refractivity contribution in [2.75, 3.05) is 6.61 Å². The zero-order valence-corrected chi connectivity index (χ0v) is 14.7. The van der Waals surface area contributed by atoms with E-state index in [0.717, 1.165) is 6.08 Å². The standard InChI is InChI=1S/C20H19ClO5/c21-16-9-3-1-7-14(16)20-25-12-13(6-5-11-18(23)24)19(26-20)15-8-2-4-10-17(15)22/h1-5,7-11,13,19-20,22H,6,12H2,(H,23,24). The molecule has 1 heterocycles. The summed E-state index contributed by atoms with van der Waals surface area (Å²) in [6.07, 6.45) is 2.00. The molecular formula is C20H19ClO5. The SMILES string of the molecule is O=C(O)C=CCC1COC(c2ccccc2Cl)OC1c1ccccc1O. The maximum absolute atomic E-state index is 10.7. The summed E-state index contributed by atoms with van der Waals surface area (Å²) in [4.78, 5) is 10.7. The van der Waals surface area contributed by atoms with Crippen LogP contribution in [0.2, 0.25) is 5.02 Å². The van der Waals surface area contributed by atoms with Gasteiger partial charge in [0.05, 0.1) is 12.7 Å². The quantitative estimate of drug-likeness (QED) is 0.754. The largest absolute Gasteiger partial charge is 0.508 e. The van der Waals surface area contributed by atoms with Crippen LogP contribution in [-0.4, -0.2) is 22.8 Å². The van der Waals surface area contributed by atoms with Crippen LogP contribution < -0.4 is 0 Å². The molecule has 0 aromatic heterocycles. The number of carboxylic acid groups (broad SMARTS) is 1. The summed E-state index contributed by atoms with van der Waals surface area (Å²) in [6, 6.07) is 14.2. The van der Waals surface area contributed by atoms with E-state index in [1.165, 1.54) is 0 Å². The minimum Gasteiger partial charge on any atom is -0.508 e. The lowest BCUT2D eigenvalue weighted by Crippen LogP contribution is -2.30. The third-order valence-electron chi connectivity index (χ3n) is 4.26. The Morgan fingerprint density at radius 1 is 1.15 bits per heavy atom. The summed E-state index contributed by atoms with van der Waals surface area (Å²) in [5.74, 6) is -1.02. The molecule has 2 N–H and O–H groups in total. The van der Waals surface area contributed by atoms with E-state index in [1.807, 2.05) is 24.3 Å². The minimum atomic E-state index is -1.00. The number of aliphatic carboxylic acids is 1. The van der Waals surface area contributed by atoms with Gasteiger partial charge >= 0.3 is 5.97 Å². The van der Waals surface area contributed by atoms with E-state index in [4.69, 9.17) is 26.2 Å². The maximum Gasteiger partial charge on any atom is 0.327 e. The van der Waals surface area contributed by atoms with Gasteiger partial charge in [-0.15, -0.1) is 0 Å². The first kappa shape index (κ1) is 18.5. The zero-order chi connectivity index (χ0) is 18.5. The number of aromatic hydroxyl groups is 1. The van der Waals surface area contributed by atoms with Crippen LogP contribution in [0, 0.1) is 5.92 Å². The number of halogens is 1. The summed E-state index contributed by atoms with van der Waals surface area (Å²) < 4.78 is 12.0. The Morgan fingerprint density at radius 3 is 2.54 bits per heavy atom. The molecule has 1 aliphatic rings. The molecule has 3 rings (SSSR count). The van der Waals surface area contributed by atoms with Gasteiger partial charge in [0.15, 0.2) is 6.29 Å². The number of rotatable bonds is 5. The molecule has 0 aliphatic carbocycles. The summed E-state index contributed by atoms with van der Waals surface area (Å²) in [5, 5.41) is 19.6. The number of phenols is 1. The molecule has 0 saturated carbocycles. The fourth-order valence-corrected chi connectivity index (χ4v) is 3.23. The third-order valence-corrected chi connectivity index (χ3v) is 4.61. The molecule has 6 heteroatoms. The maximum atomic E-state index is 10.7. The molecular weight excluding hydrogens is 356 g/mol. The molecule has 1 aliphatic heterocycles. The minimum absolute atomic E-state index is 0.129. The highest BCUT2D eigenvalue weighted by Crippen LogP contribution is 2.43. The zero-order valence-electron chi connectivity index (χ0n) is 13.9. The number of carbonyl (C=O) groups is 1. The van der Waals surface area contributed by atoms with Crippen molar-refractivity contribution >= 4 is 17.6 Å². The number of hydrogen-bond donors (Lipinski definition) is 2. The van der Waals surface area contributed by atoms with Gasteiger partial charge < -0.3 is 19.7 Å². The van der Waals surface area contributed by atoms with Crippen molar-refractivity contribution in [3.8, 4) is 5.75 Å². The van der Waals surface area contributed by atoms with Crippen molar-refractivity contribution in [2.24, 2.45) is 5.92 Å². The predicted octanol–water partition coefficient (Wildman–Crippen LogP) is 4.48. The van der Waals surface area contributed by atoms with Crippen LogP contribution >= 0.6 is 11.6 Å². The van der Waals surface area contributed by atoms with E-state index in [-0.39, 0.29) is 11.7 Å². The Morgan fingerprint density at radius 2 is 1.85 bits per heavy atom. The molecule has 0 bridgehead atoms. The first-order valence-corrected chi connectivity index (χ1v) is 8.63. The number of ether oxygens (including phenoxy) is 2. The van der Waals surface area contributed by atoms with Gasteiger partial charge in [0.2, 0.25) is 0 Å². The Bertz CT molecular complexity index is 804. The Kier molecular flexibility index (Phi) is 5.93. The van der Waals surface area contributed by atoms with E-state index >= 15 is 0 Å². The fourth-order valence-electron chi connectivity index (χ4n) is 3.00. The molecule has 0 spiro atoms. The number of hydrogen-bond acceptors (Lipinski definition) is 4. The lowest BCUT2D eigenvalue weighted by atomic mass is 9.91. The van der Waals surface area contributed by atoms with E-state index in [0.29, 0.717) is 29.2 Å².